The number of carboxylic acid groups (broad SMARTS) is 1. The van der Waals surface area contributed by atoms with Gasteiger partial charge in [0.2, 0.25) is 11.8 Å². The molecule has 14 N–H and O–H groups in total. The van der Waals surface area contributed by atoms with Gasteiger partial charge < -0.3 is 100 Å². The van der Waals surface area contributed by atoms with Crippen molar-refractivity contribution < 1.29 is 104 Å². The lowest BCUT2D eigenvalue weighted by Gasteiger charge is -2.50. The number of aliphatic carboxylic acids is 1. The maximum Gasteiger partial charge on any atom is 0.364 e. The Bertz CT molecular complexity index is 1810. The van der Waals surface area contributed by atoms with Crippen LogP contribution >= 0.6 is 0 Å². The molecule has 23 heteroatoms. The zero-order chi connectivity index (χ0) is 65.4. The van der Waals surface area contributed by atoms with E-state index in [1.54, 1.807) is 0 Å². The molecule has 524 valence electrons. The Labute approximate surface area is 531 Å². The molecule has 0 aromatic rings. The fraction of sp³-hybridized carbons (Fsp3) is 0.955. The number of nitrogens with one attached hydrogen (secondary N) is 2. The number of carbonyl (C=O) groups excluding carboxylic acids is 2. The SMILES string of the molecule is CCCCCCCCCCCCCCCCCCCCCCCCC(O)C(COC1OC(CO)C(OC2OC(CO)C(O)C(OC3(C(=O)O)CC(O)C(NC(C)=O)C(C(O)C(O)CO)O3)C2O)C(O)C1O)NC(=O)CCCCCCCCCCCCCCC. The van der Waals surface area contributed by atoms with Crippen LogP contribution in [0.15, 0.2) is 0 Å². The molecule has 3 rings (SSSR count). The number of carboxylic acids is 1. The van der Waals surface area contributed by atoms with E-state index in [0.29, 0.717) is 19.3 Å². The number of hydrogen-bond acceptors (Lipinski definition) is 20. The van der Waals surface area contributed by atoms with E-state index < -0.39 is 148 Å². The van der Waals surface area contributed by atoms with Crippen LogP contribution in [0.25, 0.3) is 0 Å². The number of unbranched alkanes of at least 4 members (excludes halogenated alkanes) is 33. The molecule has 3 fully saturated rings. The molecule has 0 radical (unpaired) electrons. The Morgan fingerprint density at radius 2 is 0.978 bits per heavy atom. The van der Waals surface area contributed by atoms with Crippen LogP contribution in [0.2, 0.25) is 0 Å². The highest BCUT2D eigenvalue weighted by atomic mass is 16.8. The highest BCUT2D eigenvalue weighted by Crippen LogP contribution is 2.39. The topological polar surface area (TPSA) is 373 Å². The average Bonchev–Trinajstić information content (AvgIpc) is 1.02. The van der Waals surface area contributed by atoms with Crippen molar-refractivity contribution in [3.05, 3.63) is 0 Å². The minimum atomic E-state index is -3.08. The summed E-state index contributed by atoms with van der Waals surface area (Å²) in [6.45, 7) is 2.22. The van der Waals surface area contributed by atoms with E-state index in [0.717, 1.165) is 58.3 Å². The summed E-state index contributed by atoms with van der Waals surface area (Å²) < 4.78 is 34.8. The van der Waals surface area contributed by atoms with E-state index >= 15 is 0 Å². The zero-order valence-corrected chi connectivity index (χ0v) is 54.6. The van der Waals surface area contributed by atoms with Gasteiger partial charge in [-0.25, -0.2) is 4.79 Å². The summed E-state index contributed by atoms with van der Waals surface area (Å²) in [5.41, 5.74) is 0. The molecular weight excluding hydrogens is 1160 g/mol. The van der Waals surface area contributed by atoms with Gasteiger partial charge in [0.25, 0.3) is 5.79 Å². The van der Waals surface area contributed by atoms with Crippen molar-refractivity contribution in [1.29, 1.82) is 0 Å². The molecule has 0 bridgehead atoms. The van der Waals surface area contributed by atoms with Crippen molar-refractivity contribution in [2.45, 2.75) is 375 Å². The molecule has 3 aliphatic rings. The lowest BCUT2D eigenvalue weighted by molar-refractivity contribution is -0.386. The molecular formula is C66H124N2O21. The van der Waals surface area contributed by atoms with E-state index in [1.807, 2.05) is 0 Å². The molecule has 23 nitrogen and oxygen atoms in total. The van der Waals surface area contributed by atoms with Gasteiger partial charge in [-0.2, -0.15) is 0 Å². The molecule has 18 unspecified atom stereocenters. The summed E-state index contributed by atoms with van der Waals surface area (Å²) in [5, 5.41) is 136. The summed E-state index contributed by atoms with van der Waals surface area (Å²) >= 11 is 0. The Hall–Kier alpha value is -2.27. The van der Waals surface area contributed by atoms with E-state index in [1.165, 1.54) is 161 Å². The quantitative estimate of drug-likeness (QED) is 0.0305. The number of carbonyl (C=O) groups is 3. The zero-order valence-electron chi connectivity index (χ0n) is 54.6. The Morgan fingerprint density at radius 1 is 0.539 bits per heavy atom. The number of hydrogen-bond donors (Lipinski definition) is 14. The Balaban J connectivity index is 1.58. The molecule has 2 amide bonds. The first-order valence-corrected chi connectivity index (χ1v) is 34.9. The van der Waals surface area contributed by atoms with Crippen molar-refractivity contribution in [3.63, 3.8) is 0 Å². The summed E-state index contributed by atoms with van der Waals surface area (Å²) in [6.07, 6.45) is 14.0. The Kier molecular flexibility index (Phi) is 43.3. The highest BCUT2D eigenvalue weighted by molar-refractivity contribution is 5.77. The molecule has 0 aliphatic carbocycles. The van der Waals surface area contributed by atoms with Gasteiger partial charge in [-0.1, -0.05) is 232 Å². The van der Waals surface area contributed by atoms with Crippen LogP contribution in [0.1, 0.15) is 265 Å². The predicted octanol–water partition coefficient (Wildman–Crippen LogP) is 6.12. The van der Waals surface area contributed by atoms with Gasteiger partial charge >= 0.3 is 5.97 Å². The second kappa shape index (κ2) is 47.6. The van der Waals surface area contributed by atoms with E-state index in [4.69, 9.17) is 28.4 Å². The molecule has 18 atom stereocenters. The third-order valence-corrected chi connectivity index (χ3v) is 18.1. The number of rotatable bonds is 53. The number of aliphatic hydroxyl groups excluding tert-OH is 11. The van der Waals surface area contributed by atoms with Gasteiger partial charge in [-0.05, 0) is 12.8 Å². The first-order valence-electron chi connectivity index (χ1n) is 34.9. The summed E-state index contributed by atoms with van der Waals surface area (Å²) in [5.74, 6) is -6.09. The lowest BCUT2D eigenvalue weighted by Crippen LogP contribution is -2.70. The molecule has 0 aromatic carbocycles. The van der Waals surface area contributed by atoms with Crippen molar-refractivity contribution in [2.24, 2.45) is 0 Å². The van der Waals surface area contributed by atoms with Gasteiger partial charge in [0.05, 0.1) is 50.7 Å². The average molecular weight is 1280 g/mol. The molecule has 0 aromatic heterocycles. The van der Waals surface area contributed by atoms with Gasteiger partial charge in [0, 0.05) is 19.8 Å². The van der Waals surface area contributed by atoms with E-state index in [9.17, 15) is 75.7 Å². The first-order chi connectivity index (χ1) is 42.9. The molecule has 3 aliphatic heterocycles. The van der Waals surface area contributed by atoms with E-state index in [2.05, 4.69) is 24.5 Å². The maximum absolute atomic E-state index is 13.4. The second-order valence-corrected chi connectivity index (χ2v) is 25.8. The third kappa shape index (κ3) is 30.3. The van der Waals surface area contributed by atoms with Gasteiger partial charge in [0.15, 0.2) is 12.6 Å². The fourth-order valence-electron chi connectivity index (χ4n) is 12.5. The highest BCUT2D eigenvalue weighted by Gasteiger charge is 2.60. The number of ether oxygens (including phenoxy) is 6. The van der Waals surface area contributed by atoms with Gasteiger partial charge in [-0.15, -0.1) is 0 Å². The van der Waals surface area contributed by atoms with Crippen LogP contribution in [0.5, 0.6) is 0 Å². The predicted molar refractivity (Wildman–Crippen MR) is 334 cm³/mol. The van der Waals surface area contributed by atoms with Crippen molar-refractivity contribution in [2.75, 3.05) is 26.4 Å². The van der Waals surface area contributed by atoms with Crippen LogP contribution in [0, 0.1) is 0 Å². The number of amides is 2. The fourth-order valence-corrected chi connectivity index (χ4v) is 12.5. The van der Waals surface area contributed by atoms with Crippen LogP contribution < -0.4 is 10.6 Å². The molecule has 3 saturated heterocycles. The van der Waals surface area contributed by atoms with Crippen LogP contribution in [0.4, 0.5) is 0 Å². The van der Waals surface area contributed by atoms with Crippen molar-refractivity contribution >= 4 is 17.8 Å². The minimum Gasteiger partial charge on any atom is -0.477 e. The summed E-state index contributed by atoms with van der Waals surface area (Å²) in [4.78, 5) is 38.5. The lowest BCUT2D eigenvalue weighted by atomic mass is 9.88. The normalized spacial score (nSPS) is 28.7. The van der Waals surface area contributed by atoms with Crippen molar-refractivity contribution in [1.82, 2.24) is 10.6 Å². The summed E-state index contributed by atoms with van der Waals surface area (Å²) in [6, 6.07) is -2.52. The maximum atomic E-state index is 13.4. The summed E-state index contributed by atoms with van der Waals surface area (Å²) in [7, 11) is 0. The molecule has 89 heavy (non-hydrogen) atoms. The molecule has 3 heterocycles. The van der Waals surface area contributed by atoms with Crippen molar-refractivity contribution in [3.8, 4) is 0 Å². The third-order valence-electron chi connectivity index (χ3n) is 18.1. The molecule has 0 saturated carbocycles. The first kappa shape index (κ1) is 81.0. The van der Waals surface area contributed by atoms with E-state index in [-0.39, 0.29) is 18.9 Å². The van der Waals surface area contributed by atoms with Crippen LogP contribution in [-0.2, 0) is 42.8 Å². The smallest absolute Gasteiger partial charge is 0.364 e. The minimum absolute atomic E-state index is 0.228. The number of aliphatic hydroxyl groups is 11. The largest absolute Gasteiger partial charge is 0.477 e. The monoisotopic (exact) mass is 1280 g/mol. The Morgan fingerprint density at radius 3 is 1.40 bits per heavy atom. The van der Waals surface area contributed by atoms with Gasteiger partial charge in [0.1, 0.15) is 67.1 Å². The van der Waals surface area contributed by atoms with Crippen LogP contribution in [-0.4, -0.2) is 215 Å². The van der Waals surface area contributed by atoms with Gasteiger partial charge in [-0.3, -0.25) is 9.59 Å². The van der Waals surface area contributed by atoms with Crippen LogP contribution in [0.3, 0.4) is 0 Å². The standard InChI is InChI=1S/C66H124N2O21/c1-4-6-8-10-12-14-16-18-19-20-21-22-23-24-25-26-28-29-31-33-35-37-39-48(73)47(68-53(76)40-38-36-34-32-30-27-17-15-13-11-9-7-5-2)45-84-63-58(80)57(79)60(52(44-71)86-63)87-64-59(81)62(56(78)51(43-70)85-64)89-66(65(82)83)41-49(74)54(67-46(3)72)61(88-66)55(77)50(75)42-69/h47-52,54-64,69-71,73-75,77-81H,4-45H2,1-3H3,(H,67,72)(H,68,76)(H,82,83). The second-order valence-electron chi connectivity index (χ2n) is 25.8. The molecule has 0 spiro atoms.